The molecule has 0 N–H and O–H groups in total. The minimum atomic E-state index is -0.480. The molecular weight excluding hydrogens is 528 g/mol. The van der Waals surface area contributed by atoms with Gasteiger partial charge in [0.2, 0.25) is 13.6 Å². The van der Waals surface area contributed by atoms with Gasteiger partial charge in [0.15, 0.2) is 0 Å². The lowest BCUT2D eigenvalue weighted by molar-refractivity contribution is -0.145. The van der Waals surface area contributed by atoms with Gasteiger partial charge in [-0.2, -0.15) is 0 Å². The smallest absolute Gasteiger partial charge is 0.333 e. The van der Waals surface area contributed by atoms with E-state index in [1.807, 2.05) is 84.9 Å². The van der Waals surface area contributed by atoms with Crippen LogP contribution in [0.25, 0.3) is 23.3 Å². The molecule has 0 atom stereocenters. The maximum absolute atomic E-state index is 11.8. The quantitative estimate of drug-likeness (QED) is 0.102. The zero-order chi connectivity index (χ0) is 26.4. The number of rotatable bonds is 11. The van der Waals surface area contributed by atoms with Crippen LogP contribution in [0.5, 0.6) is 11.5 Å². The van der Waals surface area contributed by atoms with Crippen molar-refractivity contribution >= 4 is 24.1 Å². The SMILES string of the molecule is C.C.C.C.O=C(C=Cc1ccccc1)OCOc1ccc(-c2ccc(OCOC(=O)C=Cc3ccccc3)cc2)cc1. The van der Waals surface area contributed by atoms with Gasteiger partial charge < -0.3 is 18.9 Å². The predicted molar refractivity (Wildman–Crippen MR) is 173 cm³/mol. The summed E-state index contributed by atoms with van der Waals surface area (Å²) < 4.78 is 21.2. The largest absolute Gasteiger partial charge is 0.457 e. The number of ether oxygens (including phenoxy) is 4. The van der Waals surface area contributed by atoms with E-state index in [0.717, 1.165) is 22.3 Å². The van der Waals surface area contributed by atoms with Gasteiger partial charge in [-0.15, -0.1) is 0 Å². The summed E-state index contributed by atoms with van der Waals surface area (Å²) in [6, 6.07) is 33.8. The average molecular weight is 571 g/mol. The molecule has 0 amide bonds. The minimum absolute atomic E-state index is 0. The Balaban J connectivity index is 0.00000420. The van der Waals surface area contributed by atoms with E-state index in [4.69, 9.17) is 18.9 Å². The van der Waals surface area contributed by atoms with Gasteiger partial charge in [0.1, 0.15) is 11.5 Å². The maximum atomic E-state index is 11.8. The highest BCUT2D eigenvalue weighted by Gasteiger charge is 2.03. The van der Waals surface area contributed by atoms with Crippen molar-refractivity contribution in [1.82, 2.24) is 0 Å². The number of carbonyl (C=O) groups excluding carboxylic acids is 2. The van der Waals surface area contributed by atoms with Gasteiger partial charge in [-0.1, -0.05) is 115 Å². The first-order chi connectivity index (χ1) is 18.7. The molecule has 0 radical (unpaired) electrons. The molecular formula is C36H42O6. The Morgan fingerprint density at radius 3 is 1.14 bits per heavy atom. The third-order valence-electron chi connectivity index (χ3n) is 5.32. The number of hydrogen-bond acceptors (Lipinski definition) is 6. The van der Waals surface area contributed by atoms with Crippen molar-refractivity contribution < 1.29 is 28.5 Å². The molecule has 0 spiro atoms. The van der Waals surface area contributed by atoms with Gasteiger partial charge in [0.25, 0.3) is 0 Å². The average Bonchev–Trinajstić information content (AvgIpc) is 2.97. The van der Waals surface area contributed by atoms with E-state index in [1.165, 1.54) is 12.2 Å². The Bertz CT molecular complexity index is 1250. The molecule has 0 saturated carbocycles. The topological polar surface area (TPSA) is 71.1 Å². The highest BCUT2D eigenvalue weighted by atomic mass is 16.7. The summed E-state index contributed by atoms with van der Waals surface area (Å²) in [5.41, 5.74) is 3.78. The molecule has 0 aliphatic carbocycles. The van der Waals surface area contributed by atoms with Crippen molar-refractivity contribution in [3.63, 3.8) is 0 Å². The second kappa shape index (κ2) is 19.9. The fourth-order valence-electron chi connectivity index (χ4n) is 3.35. The Labute approximate surface area is 250 Å². The summed E-state index contributed by atoms with van der Waals surface area (Å²) in [4.78, 5) is 23.7. The molecule has 4 aromatic carbocycles. The highest BCUT2D eigenvalue weighted by Crippen LogP contribution is 2.24. The van der Waals surface area contributed by atoms with Gasteiger partial charge in [0.05, 0.1) is 0 Å². The molecule has 4 aromatic rings. The molecule has 0 heterocycles. The minimum Gasteiger partial charge on any atom is -0.457 e. The van der Waals surface area contributed by atoms with Gasteiger partial charge in [-0.25, -0.2) is 9.59 Å². The standard InChI is InChI=1S/C32H26O6.4CH4/c33-31(21-11-25-7-3-1-4-8-25)37-23-35-29-17-13-27(14-18-29)28-15-19-30(20-16-28)36-24-38-32(34)22-12-26-9-5-2-6-10-26;;;;/h1-22H,23-24H2;4*1H4. The summed E-state index contributed by atoms with van der Waals surface area (Å²) in [6.45, 7) is -0.369. The fraction of sp³-hybridized carbons (Fsp3) is 0.167. The monoisotopic (exact) mass is 570 g/mol. The summed E-state index contributed by atoms with van der Waals surface area (Å²) in [5.74, 6) is 0.200. The first-order valence-electron chi connectivity index (χ1n) is 11.9. The molecule has 0 unspecified atom stereocenters. The van der Waals surface area contributed by atoms with Gasteiger partial charge in [0, 0.05) is 12.2 Å². The number of benzene rings is 4. The van der Waals surface area contributed by atoms with Crippen molar-refractivity contribution in [1.29, 1.82) is 0 Å². The fourth-order valence-corrected chi connectivity index (χ4v) is 3.35. The van der Waals surface area contributed by atoms with Crippen LogP contribution in [0.3, 0.4) is 0 Å². The van der Waals surface area contributed by atoms with E-state index < -0.39 is 11.9 Å². The van der Waals surface area contributed by atoms with E-state index in [-0.39, 0.29) is 43.3 Å². The van der Waals surface area contributed by atoms with Crippen LogP contribution in [0, 0.1) is 0 Å². The van der Waals surface area contributed by atoms with Crippen LogP contribution in [0.4, 0.5) is 0 Å². The third-order valence-corrected chi connectivity index (χ3v) is 5.32. The Kier molecular flexibility index (Phi) is 17.5. The van der Waals surface area contributed by atoms with Crippen LogP contribution in [0.2, 0.25) is 0 Å². The molecule has 0 aromatic heterocycles. The summed E-state index contributed by atoms with van der Waals surface area (Å²) >= 11 is 0. The molecule has 6 heteroatoms. The predicted octanol–water partition coefficient (Wildman–Crippen LogP) is 9.08. The van der Waals surface area contributed by atoms with Crippen molar-refractivity contribution in [2.24, 2.45) is 0 Å². The molecule has 0 aliphatic heterocycles. The van der Waals surface area contributed by atoms with E-state index >= 15 is 0 Å². The van der Waals surface area contributed by atoms with Crippen LogP contribution in [-0.4, -0.2) is 25.5 Å². The zero-order valence-electron chi connectivity index (χ0n) is 20.6. The van der Waals surface area contributed by atoms with Gasteiger partial charge >= 0.3 is 11.9 Å². The molecule has 42 heavy (non-hydrogen) atoms. The zero-order valence-corrected chi connectivity index (χ0v) is 20.6. The van der Waals surface area contributed by atoms with Crippen LogP contribution in [0.15, 0.2) is 121 Å². The van der Waals surface area contributed by atoms with Crippen molar-refractivity contribution in [3.05, 3.63) is 132 Å². The Morgan fingerprint density at radius 2 is 0.810 bits per heavy atom. The molecule has 222 valence electrons. The number of esters is 2. The highest BCUT2D eigenvalue weighted by molar-refractivity contribution is 5.87. The van der Waals surface area contributed by atoms with E-state index in [9.17, 15) is 9.59 Å². The number of hydrogen-bond donors (Lipinski definition) is 0. The van der Waals surface area contributed by atoms with E-state index in [2.05, 4.69) is 0 Å². The van der Waals surface area contributed by atoms with Gasteiger partial charge in [-0.05, 0) is 58.7 Å². The van der Waals surface area contributed by atoms with E-state index in [0.29, 0.717) is 11.5 Å². The molecule has 0 bridgehead atoms. The molecule has 6 nitrogen and oxygen atoms in total. The molecule has 4 rings (SSSR count). The van der Waals surface area contributed by atoms with Crippen LogP contribution in [0.1, 0.15) is 40.8 Å². The van der Waals surface area contributed by atoms with Gasteiger partial charge in [-0.3, -0.25) is 0 Å². The second-order valence-corrected chi connectivity index (χ2v) is 7.99. The summed E-state index contributed by atoms with van der Waals surface area (Å²) in [7, 11) is 0. The second-order valence-electron chi connectivity index (χ2n) is 7.99. The normalized spacial score (nSPS) is 9.81. The van der Waals surface area contributed by atoms with Crippen LogP contribution >= 0.6 is 0 Å². The molecule has 0 aliphatic rings. The first-order valence-corrected chi connectivity index (χ1v) is 11.9. The summed E-state index contributed by atoms with van der Waals surface area (Å²) in [5, 5.41) is 0. The van der Waals surface area contributed by atoms with Crippen molar-refractivity contribution in [2.75, 3.05) is 13.6 Å². The third kappa shape index (κ3) is 12.4. The summed E-state index contributed by atoms with van der Waals surface area (Å²) in [6.07, 6.45) is 6.10. The maximum Gasteiger partial charge on any atom is 0.333 e. The molecule has 0 saturated heterocycles. The first kappa shape index (κ1) is 36.9. The van der Waals surface area contributed by atoms with E-state index in [1.54, 1.807) is 36.4 Å². The Morgan fingerprint density at radius 1 is 0.476 bits per heavy atom. The Hall–Kier alpha value is -5.10. The van der Waals surface area contributed by atoms with Crippen LogP contribution < -0.4 is 9.47 Å². The van der Waals surface area contributed by atoms with Crippen molar-refractivity contribution in [3.8, 4) is 22.6 Å². The lowest BCUT2D eigenvalue weighted by atomic mass is 10.1. The number of carbonyl (C=O) groups is 2. The molecule has 0 fully saturated rings. The van der Waals surface area contributed by atoms with Crippen molar-refractivity contribution in [2.45, 2.75) is 29.7 Å². The lowest BCUT2D eigenvalue weighted by Crippen LogP contribution is -2.08. The van der Waals surface area contributed by atoms with Crippen LogP contribution in [-0.2, 0) is 19.1 Å². The lowest BCUT2D eigenvalue weighted by Gasteiger charge is -2.09.